The molecule has 0 radical (unpaired) electrons. The summed E-state index contributed by atoms with van der Waals surface area (Å²) < 4.78 is 32.3. The van der Waals surface area contributed by atoms with Gasteiger partial charge in [-0.15, -0.1) is 0 Å². The number of rotatable bonds is 3. The number of halogens is 1. The number of ether oxygens (including phenoxy) is 1. The quantitative estimate of drug-likeness (QED) is 0.772. The first-order valence-electron chi connectivity index (χ1n) is 7.50. The highest BCUT2D eigenvalue weighted by Crippen LogP contribution is 2.36. The summed E-state index contributed by atoms with van der Waals surface area (Å²) in [6.07, 6.45) is 1.20. The van der Waals surface area contributed by atoms with E-state index in [2.05, 4.69) is 11.9 Å². The summed E-state index contributed by atoms with van der Waals surface area (Å²) in [7, 11) is -3.85. The third-order valence-electron chi connectivity index (χ3n) is 4.01. The predicted molar refractivity (Wildman–Crippen MR) is 91.1 cm³/mol. The Hall–Kier alpha value is -2.10. The first-order chi connectivity index (χ1) is 11.8. The van der Waals surface area contributed by atoms with E-state index in [4.69, 9.17) is 16.3 Å². The number of hydrogen-bond donors (Lipinski definition) is 1. The van der Waals surface area contributed by atoms with Crippen LogP contribution in [0.25, 0.3) is 0 Å². The van der Waals surface area contributed by atoms with Crippen LogP contribution in [0.4, 0.5) is 5.69 Å². The number of amides is 2. The van der Waals surface area contributed by atoms with Crippen molar-refractivity contribution in [2.24, 2.45) is 0 Å². The summed E-state index contributed by atoms with van der Waals surface area (Å²) in [6, 6.07) is 2.67. The number of carbonyl (C=O) groups is 2. The van der Waals surface area contributed by atoms with Crippen molar-refractivity contribution < 1.29 is 22.7 Å². The molecule has 1 aromatic carbocycles. The summed E-state index contributed by atoms with van der Waals surface area (Å²) in [4.78, 5) is 24.4. The molecule has 0 spiro atoms. The molecule has 2 heterocycles. The van der Waals surface area contributed by atoms with E-state index >= 15 is 0 Å². The Bertz CT molecular complexity index is 847. The molecular formula is C15H16ClN3O5S. The first kappa shape index (κ1) is 17.7. The minimum absolute atomic E-state index is 0.00542. The molecule has 2 amide bonds. The predicted octanol–water partition coefficient (Wildman–Crippen LogP) is 0.690. The van der Waals surface area contributed by atoms with E-state index in [0.29, 0.717) is 5.69 Å². The van der Waals surface area contributed by atoms with Crippen molar-refractivity contribution in [1.82, 2.24) is 9.21 Å². The molecule has 0 atom stereocenters. The topological polar surface area (TPSA) is 96.0 Å². The van der Waals surface area contributed by atoms with Crippen LogP contribution < -0.4 is 10.1 Å². The van der Waals surface area contributed by atoms with Crippen molar-refractivity contribution in [3.63, 3.8) is 0 Å². The molecule has 0 saturated carbocycles. The highest BCUT2D eigenvalue weighted by atomic mass is 35.5. The average molecular weight is 386 g/mol. The van der Waals surface area contributed by atoms with E-state index in [-0.39, 0.29) is 60.3 Å². The van der Waals surface area contributed by atoms with Crippen LogP contribution in [0.15, 0.2) is 29.7 Å². The fourth-order valence-electron chi connectivity index (χ4n) is 2.70. The lowest BCUT2D eigenvalue weighted by atomic mass is 10.2. The first-order valence-corrected chi connectivity index (χ1v) is 9.32. The van der Waals surface area contributed by atoms with E-state index in [1.807, 2.05) is 0 Å². The summed E-state index contributed by atoms with van der Waals surface area (Å²) >= 11 is 6.12. The van der Waals surface area contributed by atoms with Gasteiger partial charge in [-0.25, -0.2) is 8.42 Å². The molecule has 1 fully saturated rings. The lowest BCUT2D eigenvalue weighted by molar-refractivity contribution is -0.127. The van der Waals surface area contributed by atoms with Gasteiger partial charge in [0.05, 0.1) is 10.7 Å². The van der Waals surface area contributed by atoms with Crippen molar-refractivity contribution in [3.05, 3.63) is 29.8 Å². The molecule has 10 heteroatoms. The molecule has 0 bridgehead atoms. The number of nitrogens with zero attached hydrogens (tertiary/aromatic N) is 2. The van der Waals surface area contributed by atoms with Gasteiger partial charge in [-0.05, 0) is 12.1 Å². The Kier molecular flexibility index (Phi) is 4.72. The SMILES string of the molecule is C=CC(=O)N1CCN(S(=O)(=O)c2cc3c(cc2Cl)NC(=O)CO3)CC1. The van der Waals surface area contributed by atoms with Crippen LogP contribution in [0.3, 0.4) is 0 Å². The van der Waals surface area contributed by atoms with Crippen LogP contribution in [0, 0.1) is 0 Å². The van der Waals surface area contributed by atoms with Crippen LogP contribution in [-0.2, 0) is 19.6 Å². The van der Waals surface area contributed by atoms with Crippen molar-refractivity contribution in [2.75, 3.05) is 38.1 Å². The molecule has 3 rings (SSSR count). The molecule has 0 unspecified atom stereocenters. The number of sulfonamides is 1. The molecule has 0 aromatic heterocycles. The molecule has 8 nitrogen and oxygen atoms in total. The summed E-state index contributed by atoms with van der Waals surface area (Å²) in [5.74, 6) is -0.307. The second-order valence-corrected chi connectivity index (χ2v) is 7.86. The fourth-order valence-corrected chi connectivity index (χ4v) is 4.64. The lowest BCUT2D eigenvalue weighted by Crippen LogP contribution is -2.50. The van der Waals surface area contributed by atoms with Gasteiger partial charge in [0, 0.05) is 32.2 Å². The largest absolute Gasteiger partial charge is 0.482 e. The Balaban J connectivity index is 1.85. The standard InChI is InChI=1S/C15H16ClN3O5S/c1-2-15(21)18-3-5-19(6-4-18)25(22,23)13-8-12-11(7-10(13)16)17-14(20)9-24-12/h2,7-8H,1,3-6,9H2,(H,17,20). The van der Waals surface area contributed by atoms with Gasteiger partial charge in [-0.1, -0.05) is 18.2 Å². The number of benzene rings is 1. The number of anilines is 1. The molecule has 25 heavy (non-hydrogen) atoms. The summed E-state index contributed by atoms with van der Waals surface area (Å²) in [6.45, 7) is 4.11. The Morgan fingerprint density at radius 1 is 1.28 bits per heavy atom. The average Bonchev–Trinajstić information content (AvgIpc) is 2.60. The van der Waals surface area contributed by atoms with Gasteiger partial charge < -0.3 is 15.0 Å². The van der Waals surface area contributed by atoms with Crippen LogP contribution in [-0.4, -0.2) is 62.2 Å². The second kappa shape index (κ2) is 6.66. The van der Waals surface area contributed by atoms with E-state index < -0.39 is 10.0 Å². The highest BCUT2D eigenvalue weighted by molar-refractivity contribution is 7.89. The normalized spacial score (nSPS) is 18.1. The zero-order valence-electron chi connectivity index (χ0n) is 13.2. The zero-order valence-corrected chi connectivity index (χ0v) is 14.8. The van der Waals surface area contributed by atoms with Gasteiger partial charge in [0.15, 0.2) is 6.61 Å². The van der Waals surface area contributed by atoms with Crippen LogP contribution in [0.5, 0.6) is 5.75 Å². The van der Waals surface area contributed by atoms with E-state index in [9.17, 15) is 18.0 Å². The minimum Gasteiger partial charge on any atom is -0.482 e. The fraction of sp³-hybridized carbons (Fsp3) is 0.333. The van der Waals surface area contributed by atoms with E-state index in [0.717, 1.165) is 0 Å². The number of fused-ring (bicyclic) bond motifs is 1. The monoisotopic (exact) mass is 385 g/mol. The van der Waals surface area contributed by atoms with Gasteiger partial charge in [0.2, 0.25) is 15.9 Å². The number of hydrogen-bond acceptors (Lipinski definition) is 5. The molecule has 1 saturated heterocycles. The Morgan fingerprint density at radius 3 is 2.60 bits per heavy atom. The smallest absolute Gasteiger partial charge is 0.262 e. The van der Waals surface area contributed by atoms with Crippen molar-refractivity contribution in [1.29, 1.82) is 0 Å². The van der Waals surface area contributed by atoms with Crippen LogP contribution >= 0.6 is 11.6 Å². The lowest BCUT2D eigenvalue weighted by Gasteiger charge is -2.33. The third-order valence-corrected chi connectivity index (χ3v) is 6.37. The zero-order chi connectivity index (χ0) is 18.2. The summed E-state index contributed by atoms with van der Waals surface area (Å²) in [5.41, 5.74) is 0.335. The van der Waals surface area contributed by atoms with E-state index in [1.165, 1.54) is 27.4 Å². The number of carbonyl (C=O) groups excluding carboxylic acids is 2. The molecule has 1 aromatic rings. The number of nitrogens with one attached hydrogen (secondary N) is 1. The Labute approximate surface area is 150 Å². The minimum atomic E-state index is -3.85. The maximum absolute atomic E-state index is 12.9. The third kappa shape index (κ3) is 3.35. The Morgan fingerprint density at radius 2 is 1.96 bits per heavy atom. The number of piperazine rings is 1. The maximum atomic E-state index is 12.9. The molecule has 1 N–H and O–H groups in total. The van der Waals surface area contributed by atoms with Crippen molar-refractivity contribution in [3.8, 4) is 5.75 Å². The second-order valence-electron chi connectivity index (χ2n) is 5.55. The van der Waals surface area contributed by atoms with Gasteiger partial charge in [-0.3, -0.25) is 9.59 Å². The van der Waals surface area contributed by atoms with Gasteiger partial charge in [-0.2, -0.15) is 4.31 Å². The van der Waals surface area contributed by atoms with Gasteiger partial charge >= 0.3 is 0 Å². The molecular weight excluding hydrogens is 370 g/mol. The maximum Gasteiger partial charge on any atom is 0.262 e. The van der Waals surface area contributed by atoms with Crippen molar-refractivity contribution in [2.45, 2.75) is 4.90 Å². The van der Waals surface area contributed by atoms with Crippen molar-refractivity contribution >= 4 is 39.1 Å². The van der Waals surface area contributed by atoms with Gasteiger partial charge in [0.25, 0.3) is 5.91 Å². The summed E-state index contributed by atoms with van der Waals surface area (Å²) in [5, 5.41) is 2.57. The molecule has 2 aliphatic rings. The molecule has 134 valence electrons. The van der Waals surface area contributed by atoms with Gasteiger partial charge in [0.1, 0.15) is 10.6 Å². The van der Waals surface area contributed by atoms with Crippen LogP contribution in [0.1, 0.15) is 0 Å². The molecule has 0 aliphatic carbocycles. The van der Waals surface area contributed by atoms with E-state index in [1.54, 1.807) is 0 Å². The molecule has 2 aliphatic heterocycles. The highest BCUT2D eigenvalue weighted by Gasteiger charge is 2.32. The van der Waals surface area contributed by atoms with Crippen LogP contribution in [0.2, 0.25) is 5.02 Å².